The summed E-state index contributed by atoms with van der Waals surface area (Å²) in [5.74, 6) is -0.925. The van der Waals surface area contributed by atoms with Crippen LogP contribution in [0, 0.1) is 0 Å². The number of hydrogen-bond acceptors (Lipinski definition) is 8. The molecule has 0 radical (unpaired) electrons. The van der Waals surface area contributed by atoms with E-state index in [4.69, 9.17) is 31.5 Å². The van der Waals surface area contributed by atoms with Gasteiger partial charge in [0.2, 0.25) is 0 Å². The first kappa shape index (κ1) is 22.1. The molecule has 0 aromatic heterocycles. The fraction of sp³-hybridized carbons (Fsp3) is 0.368. The summed E-state index contributed by atoms with van der Waals surface area (Å²) >= 11 is 6.13. The van der Waals surface area contributed by atoms with Crippen LogP contribution in [0.4, 0.5) is 0 Å². The maximum atomic E-state index is 12.4. The highest BCUT2D eigenvalue weighted by Crippen LogP contribution is 2.34. The lowest BCUT2D eigenvalue weighted by molar-refractivity contribution is -0.140. The third-order valence-corrected chi connectivity index (χ3v) is 5.75. The number of aliphatic carboxylic acids is 1. The van der Waals surface area contributed by atoms with Crippen LogP contribution in [0.3, 0.4) is 0 Å². The van der Waals surface area contributed by atoms with E-state index >= 15 is 0 Å². The Balaban J connectivity index is 1.69. The number of rotatable bonds is 7. The Morgan fingerprint density at radius 1 is 1.30 bits per heavy atom. The molecule has 2 saturated heterocycles. The molecule has 2 amide bonds. The Kier molecular flexibility index (Phi) is 7.29. The quantitative estimate of drug-likeness (QED) is 0.483. The summed E-state index contributed by atoms with van der Waals surface area (Å²) in [6.45, 7) is 1.51. The Bertz CT molecular complexity index is 897. The van der Waals surface area contributed by atoms with Gasteiger partial charge in [-0.2, -0.15) is 0 Å². The minimum Gasteiger partial charge on any atom is -0.493 e. The van der Waals surface area contributed by atoms with E-state index in [0.717, 1.165) is 16.7 Å². The zero-order valence-electron chi connectivity index (χ0n) is 16.2. The van der Waals surface area contributed by atoms with Crippen LogP contribution in [-0.4, -0.2) is 83.6 Å². The van der Waals surface area contributed by atoms with Crippen LogP contribution in [-0.2, 0) is 19.1 Å². The summed E-state index contributed by atoms with van der Waals surface area (Å²) in [5.41, 5.74) is 0.648. The first-order valence-electron chi connectivity index (χ1n) is 9.02. The lowest BCUT2D eigenvalue weighted by Gasteiger charge is -2.26. The van der Waals surface area contributed by atoms with E-state index in [0.29, 0.717) is 48.3 Å². The molecule has 2 aliphatic rings. The topological polar surface area (TPSA) is 106 Å². The summed E-state index contributed by atoms with van der Waals surface area (Å²) < 4.78 is 16.4. The van der Waals surface area contributed by atoms with Gasteiger partial charge in [0.1, 0.15) is 10.9 Å². The Morgan fingerprint density at radius 3 is 2.70 bits per heavy atom. The number of ether oxygens (including phenoxy) is 3. The van der Waals surface area contributed by atoms with Crippen molar-refractivity contribution in [3.8, 4) is 11.5 Å². The molecule has 2 fully saturated rings. The van der Waals surface area contributed by atoms with Crippen molar-refractivity contribution in [3.63, 3.8) is 0 Å². The SMILES string of the molecule is COc1cc(/C=C2/SC(=S)N(CC(=O)O)C2=O)ccc1OCC(=O)N1CCOCC1. The second-order valence-electron chi connectivity index (χ2n) is 6.35. The number of hydrogen-bond donors (Lipinski definition) is 1. The average Bonchev–Trinajstić information content (AvgIpc) is 3.00. The van der Waals surface area contributed by atoms with Gasteiger partial charge < -0.3 is 24.2 Å². The highest BCUT2D eigenvalue weighted by molar-refractivity contribution is 8.26. The molecule has 0 spiro atoms. The number of carbonyl (C=O) groups excluding carboxylic acids is 2. The van der Waals surface area contributed by atoms with E-state index in [1.165, 1.54) is 7.11 Å². The van der Waals surface area contributed by atoms with Gasteiger partial charge >= 0.3 is 5.97 Å². The van der Waals surface area contributed by atoms with Crippen molar-refractivity contribution in [1.82, 2.24) is 9.80 Å². The van der Waals surface area contributed by atoms with Crippen molar-refractivity contribution >= 4 is 52.2 Å². The lowest BCUT2D eigenvalue weighted by Crippen LogP contribution is -2.43. The number of carbonyl (C=O) groups is 3. The molecule has 2 aliphatic heterocycles. The molecular formula is C19H20N2O7S2. The highest BCUT2D eigenvalue weighted by Gasteiger charge is 2.33. The Hall–Kier alpha value is -2.63. The number of carboxylic acids is 1. The normalized spacial score (nSPS) is 18.1. The van der Waals surface area contributed by atoms with Crippen molar-refractivity contribution in [2.24, 2.45) is 0 Å². The number of thiocarbonyl (C=S) groups is 1. The van der Waals surface area contributed by atoms with Gasteiger partial charge in [0, 0.05) is 13.1 Å². The van der Waals surface area contributed by atoms with Gasteiger partial charge in [-0.1, -0.05) is 30.0 Å². The molecule has 2 heterocycles. The standard InChI is InChI=1S/C19H20N2O7S2/c1-26-14-8-12(9-15-18(25)21(10-17(23)24)19(29)30-15)2-3-13(14)28-11-16(22)20-4-6-27-7-5-20/h2-3,8-9H,4-7,10-11H2,1H3,(H,23,24)/b15-9+. The number of benzene rings is 1. The molecule has 0 unspecified atom stereocenters. The number of nitrogens with zero attached hydrogens (tertiary/aromatic N) is 2. The van der Waals surface area contributed by atoms with Gasteiger partial charge in [0.25, 0.3) is 11.8 Å². The van der Waals surface area contributed by atoms with Crippen molar-refractivity contribution in [3.05, 3.63) is 28.7 Å². The second kappa shape index (κ2) is 9.92. The molecule has 1 aromatic carbocycles. The molecular weight excluding hydrogens is 432 g/mol. The maximum Gasteiger partial charge on any atom is 0.323 e. The molecule has 0 atom stereocenters. The number of amides is 2. The van der Waals surface area contributed by atoms with Crippen molar-refractivity contribution in [2.75, 3.05) is 46.6 Å². The van der Waals surface area contributed by atoms with Gasteiger partial charge in [-0.15, -0.1) is 0 Å². The van der Waals surface area contributed by atoms with Crippen LogP contribution in [0.25, 0.3) is 6.08 Å². The minimum absolute atomic E-state index is 0.121. The number of morpholine rings is 1. The molecule has 0 saturated carbocycles. The molecule has 1 aromatic rings. The predicted molar refractivity (Wildman–Crippen MR) is 113 cm³/mol. The molecule has 0 aliphatic carbocycles. The van der Waals surface area contributed by atoms with Gasteiger partial charge in [0.15, 0.2) is 18.1 Å². The number of thioether (sulfide) groups is 1. The average molecular weight is 453 g/mol. The van der Waals surface area contributed by atoms with Crippen LogP contribution < -0.4 is 9.47 Å². The van der Waals surface area contributed by atoms with E-state index in [1.54, 1.807) is 29.2 Å². The smallest absolute Gasteiger partial charge is 0.323 e. The van der Waals surface area contributed by atoms with Crippen LogP contribution >= 0.6 is 24.0 Å². The summed E-state index contributed by atoms with van der Waals surface area (Å²) in [6, 6.07) is 5.02. The molecule has 30 heavy (non-hydrogen) atoms. The molecule has 0 bridgehead atoms. The van der Waals surface area contributed by atoms with E-state index in [1.807, 2.05) is 0 Å². The van der Waals surface area contributed by atoms with E-state index in [2.05, 4.69) is 0 Å². The fourth-order valence-corrected chi connectivity index (χ4v) is 4.11. The summed E-state index contributed by atoms with van der Waals surface area (Å²) in [5, 5.41) is 8.91. The van der Waals surface area contributed by atoms with Crippen molar-refractivity contribution < 1.29 is 33.7 Å². The predicted octanol–water partition coefficient (Wildman–Crippen LogP) is 1.22. The first-order valence-corrected chi connectivity index (χ1v) is 10.2. The third kappa shape index (κ3) is 5.29. The maximum absolute atomic E-state index is 12.4. The number of carboxylic acid groups (broad SMARTS) is 1. The van der Waals surface area contributed by atoms with E-state index in [-0.39, 0.29) is 16.8 Å². The Morgan fingerprint density at radius 2 is 2.03 bits per heavy atom. The van der Waals surface area contributed by atoms with Gasteiger partial charge in [-0.3, -0.25) is 19.3 Å². The van der Waals surface area contributed by atoms with Crippen molar-refractivity contribution in [2.45, 2.75) is 0 Å². The number of methoxy groups -OCH3 is 1. The monoisotopic (exact) mass is 452 g/mol. The minimum atomic E-state index is -1.14. The second-order valence-corrected chi connectivity index (χ2v) is 8.03. The summed E-state index contributed by atoms with van der Waals surface area (Å²) in [6.07, 6.45) is 1.60. The molecule has 9 nitrogen and oxygen atoms in total. The summed E-state index contributed by atoms with van der Waals surface area (Å²) in [4.78, 5) is 38.6. The van der Waals surface area contributed by atoms with Gasteiger partial charge in [0.05, 0.1) is 25.2 Å². The summed E-state index contributed by atoms with van der Waals surface area (Å²) in [7, 11) is 1.47. The van der Waals surface area contributed by atoms with Crippen LogP contribution in [0.5, 0.6) is 11.5 Å². The first-order chi connectivity index (χ1) is 14.4. The molecule has 1 N–H and O–H groups in total. The van der Waals surface area contributed by atoms with E-state index < -0.39 is 18.4 Å². The molecule has 11 heteroatoms. The Labute approximate surface area is 182 Å². The molecule has 3 rings (SSSR count). The van der Waals surface area contributed by atoms with Crippen molar-refractivity contribution in [1.29, 1.82) is 0 Å². The van der Waals surface area contributed by atoms with Crippen LogP contribution in [0.2, 0.25) is 0 Å². The van der Waals surface area contributed by atoms with Crippen LogP contribution in [0.1, 0.15) is 5.56 Å². The zero-order valence-corrected chi connectivity index (χ0v) is 17.8. The zero-order chi connectivity index (χ0) is 21.7. The molecule has 160 valence electrons. The highest BCUT2D eigenvalue weighted by atomic mass is 32.2. The van der Waals surface area contributed by atoms with Gasteiger partial charge in [-0.25, -0.2) is 0 Å². The van der Waals surface area contributed by atoms with Crippen LogP contribution in [0.15, 0.2) is 23.1 Å². The third-order valence-electron chi connectivity index (χ3n) is 4.37. The van der Waals surface area contributed by atoms with E-state index in [9.17, 15) is 14.4 Å². The lowest BCUT2D eigenvalue weighted by atomic mass is 10.2. The largest absolute Gasteiger partial charge is 0.493 e. The fourth-order valence-electron chi connectivity index (χ4n) is 2.86. The van der Waals surface area contributed by atoms with Gasteiger partial charge in [-0.05, 0) is 23.8 Å².